The highest BCUT2D eigenvalue weighted by Crippen LogP contribution is 2.44. The molecule has 2 atom stereocenters. The maximum Gasteiger partial charge on any atom is 0.160 e. The summed E-state index contributed by atoms with van der Waals surface area (Å²) >= 11 is 11.7. The van der Waals surface area contributed by atoms with Gasteiger partial charge in [-0.2, -0.15) is 0 Å². The first-order valence-electron chi connectivity index (χ1n) is 7.04. The van der Waals surface area contributed by atoms with E-state index in [1.165, 1.54) is 38.5 Å². The average Bonchev–Trinajstić information content (AvgIpc) is 3.20. The van der Waals surface area contributed by atoms with Crippen molar-refractivity contribution in [2.75, 3.05) is 5.32 Å². The minimum absolute atomic E-state index is 0.0875. The Hall–Kier alpha value is -0.470. The maximum atomic E-state index is 13.4. The smallest absolute Gasteiger partial charge is 0.160 e. The van der Waals surface area contributed by atoms with Gasteiger partial charge < -0.3 is 5.32 Å². The number of rotatable bonds is 3. The van der Waals surface area contributed by atoms with Gasteiger partial charge in [-0.1, -0.05) is 36.0 Å². The second-order valence-electron chi connectivity index (χ2n) is 5.86. The van der Waals surface area contributed by atoms with Crippen molar-refractivity contribution in [3.05, 3.63) is 28.0 Å². The summed E-state index contributed by atoms with van der Waals surface area (Å²) in [6, 6.07) is 3.73. The standard InChI is InChI=1S/C15H18Cl2FN/c16-13-7-12(8-14(17)15(13)18)19-11-3-1-2-10(6-11)9-4-5-9/h7-11,19H,1-6H2. The van der Waals surface area contributed by atoms with Crippen molar-refractivity contribution in [1.29, 1.82) is 0 Å². The Morgan fingerprint density at radius 1 is 1.00 bits per heavy atom. The van der Waals surface area contributed by atoms with Crippen LogP contribution in [0.3, 0.4) is 0 Å². The minimum Gasteiger partial charge on any atom is -0.382 e. The third-order valence-electron chi connectivity index (χ3n) is 4.36. The van der Waals surface area contributed by atoms with Crippen molar-refractivity contribution in [1.82, 2.24) is 0 Å². The molecule has 2 aliphatic rings. The fourth-order valence-electron chi connectivity index (χ4n) is 3.23. The van der Waals surface area contributed by atoms with Crippen molar-refractivity contribution >= 4 is 28.9 Å². The average molecular weight is 302 g/mol. The van der Waals surface area contributed by atoms with Gasteiger partial charge in [0.15, 0.2) is 5.82 Å². The number of hydrogen-bond acceptors (Lipinski definition) is 1. The van der Waals surface area contributed by atoms with Gasteiger partial charge in [0.05, 0.1) is 10.0 Å². The highest BCUT2D eigenvalue weighted by molar-refractivity contribution is 6.35. The van der Waals surface area contributed by atoms with Crippen LogP contribution in [0, 0.1) is 17.7 Å². The summed E-state index contributed by atoms with van der Waals surface area (Å²) in [7, 11) is 0. The molecule has 0 bridgehead atoms. The SMILES string of the molecule is Fc1c(Cl)cc(NC2CCCC(C3CC3)C2)cc1Cl. The van der Waals surface area contributed by atoms with E-state index in [0.29, 0.717) is 6.04 Å². The molecule has 0 amide bonds. The van der Waals surface area contributed by atoms with E-state index in [2.05, 4.69) is 5.32 Å². The molecule has 0 aromatic heterocycles. The summed E-state index contributed by atoms with van der Waals surface area (Å²) in [5.74, 6) is 1.30. The van der Waals surface area contributed by atoms with Gasteiger partial charge in [0.25, 0.3) is 0 Å². The van der Waals surface area contributed by atoms with Crippen LogP contribution in [0.5, 0.6) is 0 Å². The van der Waals surface area contributed by atoms with Crippen molar-refractivity contribution < 1.29 is 4.39 Å². The lowest BCUT2D eigenvalue weighted by Crippen LogP contribution is -2.28. The molecule has 104 valence electrons. The molecule has 2 aliphatic carbocycles. The maximum absolute atomic E-state index is 13.4. The molecule has 0 spiro atoms. The molecule has 1 N–H and O–H groups in total. The largest absolute Gasteiger partial charge is 0.382 e. The Kier molecular flexibility index (Phi) is 3.91. The zero-order valence-corrected chi connectivity index (χ0v) is 12.3. The van der Waals surface area contributed by atoms with Gasteiger partial charge in [0.1, 0.15) is 0 Å². The Morgan fingerprint density at radius 2 is 1.68 bits per heavy atom. The lowest BCUT2D eigenvalue weighted by Gasteiger charge is -2.30. The second-order valence-corrected chi connectivity index (χ2v) is 6.67. The molecular formula is C15H18Cl2FN. The number of hydrogen-bond donors (Lipinski definition) is 1. The molecule has 0 saturated heterocycles. The van der Waals surface area contributed by atoms with Gasteiger partial charge in [-0.15, -0.1) is 0 Å². The van der Waals surface area contributed by atoms with E-state index < -0.39 is 5.82 Å². The summed E-state index contributed by atoms with van der Waals surface area (Å²) in [4.78, 5) is 0. The molecule has 0 aliphatic heterocycles. The Bertz CT molecular complexity index is 450. The van der Waals surface area contributed by atoms with Crippen LogP contribution in [0.1, 0.15) is 38.5 Å². The third-order valence-corrected chi connectivity index (χ3v) is 4.91. The first-order valence-corrected chi connectivity index (χ1v) is 7.80. The molecule has 1 aromatic carbocycles. The third kappa shape index (κ3) is 3.17. The molecule has 2 fully saturated rings. The van der Waals surface area contributed by atoms with Crippen molar-refractivity contribution in [3.8, 4) is 0 Å². The van der Waals surface area contributed by atoms with Crippen LogP contribution >= 0.6 is 23.2 Å². The molecule has 2 saturated carbocycles. The van der Waals surface area contributed by atoms with Crippen molar-refractivity contribution in [3.63, 3.8) is 0 Å². The van der Waals surface area contributed by atoms with E-state index in [4.69, 9.17) is 23.2 Å². The van der Waals surface area contributed by atoms with E-state index in [1.54, 1.807) is 12.1 Å². The van der Waals surface area contributed by atoms with Crippen LogP contribution in [0.25, 0.3) is 0 Å². The fourth-order valence-corrected chi connectivity index (χ4v) is 3.72. The number of anilines is 1. The summed E-state index contributed by atoms with van der Waals surface area (Å²) in [6.45, 7) is 0. The van der Waals surface area contributed by atoms with Crippen LogP contribution in [0.2, 0.25) is 10.0 Å². The first kappa shape index (κ1) is 13.5. The molecule has 19 heavy (non-hydrogen) atoms. The minimum atomic E-state index is -0.534. The zero-order valence-electron chi connectivity index (χ0n) is 10.8. The fraction of sp³-hybridized carbons (Fsp3) is 0.600. The van der Waals surface area contributed by atoms with E-state index in [0.717, 1.165) is 17.5 Å². The predicted molar refractivity (Wildman–Crippen MR) is 78.5 cm³/mol. The second kappa shape index (κ2) is 5.49. The number of nitrogens with one attached hydrogen (secondary N) is 1. The van der Waals surface area contributed by atoms with Gasteiger partial charge in [-0.05, 0) is 49.7 Å². The number of halogens is 3. The van der Waals surface area contributed by atoms with E-state index >= 15 is 0 Å². The summed E-state index contributed by atoms with van der Waals surface area (Å²) in [5.41, 5.74) is 0.831. The summed E-state index contributed by atoms with van der Waals surface area (Å²) in [6.07, 6.45) is 7.86. The lowest BCUT2D eigenvalue weighted by atomic mass is 9.82. The van der Waals surface area contributed by atoms with Crippen molar-refractivity contribution in [2.45, 2.75) is 44.6 Å². The lowest BCUT2D eigenvalue weighted by molar-refractivity contribution is 0.303. The Balaban J connectivity index is 1.67. The summed E-state index contributed by atoms with van der Waals surface area (Å²) < 4.78 is 13.4. The van der Waals surface area contributed by atoms with Gasteiger partial charge >= 0.3 is 0 Å². The number of benzene rings is 1. The van der Waals surface area contributed by atoms with Crippen LogP contribution < -0.4 is 5.32 Å². The monoisotopic (exact) mass is 301 g/mol. The van der Waals surface area contributed by atoms with Gasteiger partial charge in [-0.3, -0.25) is 0 Å². The summed E-state index contributed by atoms with van der Waals surface area (Å²) in [5, 5.41) is 3.64. The highest BCUT2D eigenvalue weighted by atomic mass is 35.5. The molecular weight excluding hydrogens is 284 g/mol. The molecule has 1 nitrogen and oxygen atoms in total. The van der Waals surface area contributed by atoms with E-state index in [9.17, 15) is 4.39 Å². The van der Waals surface area contributed by atoms with Gasteiger partial charge in [0.2, 0.25) is 0 Å². The van der Waals surface area contributed by atoms with Crippen molar-refractivity contribution in [2.24, 2.45) is 11.8 Å². The van der Waals surface area contributed by atoms with Crippen LogP contribution in [-0.2, 0) is 0 Å². The van der Waals surface area contributed by atoms with Gasteiger partial charge in [0, 0.05) is 11.7 Å². The Morgan fingerprint density at radius 3 is 2.32 bits per heavy atom. The molecule has 2 unspecified atom stereocenters. The quantitative estimate of drug-likeness (QED) is 0.726. The van der Waals surface area contributed by atoms with Crippen LogP contribution in [0.15, 0.2) is 12.1 Å². The van der Waals surface area contributed by atoms with E-state index in [1.807, 2.05) is 0 Å². The van der Waals surface area contributed by atoms with E-state index in [-0.39, 0.29) is 10.0 Å². The normalized spacial score (nSPS) is 27.3. The molecule has 1 aromatic rings. The van der Waals surface area contributed by atoms with Gasteiger partial charge in [-0.25, -0.2) is 4.39 Å². The predicted octanol–water partition coefficient (Wildman–Crippen LogP) is 5.51. The topological polar surface area (TPSA) is 12.0 Å². The van der Waals surface area contributed by atoms with Crippen LogP contribution in [-0.4, -0.2) is 6.04 Å². The highest BCUT2D eigenvalue weighted by Gasteiger charge is 2.34. The Labute approximate surface area is 123 Å². The first-order chi connectivity index (χ1) is 9.13. The molecule has 3 rings (SSSR count). The molecule has 0 heterocycles. The van der Waals surface area contributed by atoms with Crippen LogP contribution in [0.4, 0.5) is 10.1 Å². The molecule has 4 heteroatoms. The molecule has 0 radical (unpaired) electrons. The zero-order chi connectivity index (χ0) is 13.4.